The van der Waals surface area contributed by atoms with E-state index in [2.05, 4.69) is 10.3 Å². The van der Waals surface area contributed by atoms with E-state index >= 15 is 0 Å². The quantitative estimate of drug-likeness (QED) is 0.420. The number of nitrogens with zero attached hydrogens (tertiary/aromatic N) is 3. The fourth-order valence-corrected chi connectivity index (χ4v) is 5.46. The van der Waals surface area contributed by atoms with Crippen molar-refractivity contribution in [3.8, 4) is 0 Å². The molecule has 2 amide bonds. The second-order valence-electron chi connectivity index (χ2n) is 6.90. The molecule has 1 fully saturated rings. The maximum atomic E-state index is 12.7. The number of carbonyl (C=O) groups excluding carboxylic acids is 2. The first-order chi connectivity index (χ1) is 14.5. The van der Waals surface area contributed by atoms with E-state index in [1.54, 1.807) is 0 Å². The van der Waals surface area contributed by atoms with E-state index in [0.29, 0.717) is 11.6 Å². The van der Waals surface area contributed by atoms with Gasteiger partial charge in [-0.25, -0.2) is 9.79 Å². The Morgan fingerprint density at radius 3 is 2.68 bits per heavy atom. The van der Waals surface area contributed by atoms with Crippen LogP contribution in [-0.4, -0.2) is 64.0 Å². The Morgan fingerprint density at radius 1 is 1.29 bits per heavy atom. The average molecular weight is 469 g/mol. The number of aliphatic imine (C=N–C) groups is 1. The van der Waals surface area contributed by atoms with Crippen molar-refractivity contribution in [3.05, 3.63) is 52.7 Å². The zero-order valence-corrected chi connectivity index (χ0v) is 20.7. The van der Waals surface area contributed by atoms with Crippen LogP contribution in [0.2, 0.25) is 0 Å². The third kappa shape index (κ3) is 4.98. The fourth-order valence-electron chi connectivity index (χ4n) is 3.41. The van der Waals surface area contributed by atoms with E-state index < -0.39 is 29.5 Å². The van der Waals surface area contributed by atoms with Crippen LogP contribution in [0.25, 0.3) is 0 Å². The molecule has 0 saturated carbocycles. The van der Waals surface area contributed by atoms with Gasteiger partial charge >= 0.3 is 35.5 Å². The molecule has 0 radical (unpaired) electrons. The standard InChI is InChI=1S/C20H20N4O4S2.Na.H/c1-23(12-6-3-2-4-7-12)14-11-30-19-16(18(26)24(19)17(21-14)20(27)28)22-15(25)10-13-8-5-9-29-13;;/h2-9,16-17,19H,10-11H2,1H3,(H,22,25)(H,27,28);;/q;+1;-1/t16-,17+,19-;;/m0../s1. The number of fused-ring (bicyclic) bond motifs is 1. The summed E-state index contributed by atoms with van der Waals surface area (Å²) in [5.74, 6) is -0.898. The number of benzene rings is 1. The molecule has 0 unspecified atom stereocenters. The molecule has 2 aliphatic rings. The number of amides is 2. The number of aliphatic carboxylic acids is 1. The van der Waals surface area contributed by atoms with Crippen LogP contribution in [0.4, 0.5) is 5.69 Å². The summed E-state index contributed by atoms with van der Waals surface area (Å²) >= 11 is 2.88. The van der Waals surface area contributed by atoms with Crippen molar-refractivity contribution in [2.45, 2.75) is 24.0 Å². The Hall–Kier alpha value is -1.85. The Balaban J connectivity index is 0.00000181. The summed E-state index contributed by atoms with van der Waals surface area (Å²) in [4.78, 5) is 45.3. The monoisotopic (exact) mass is 468 g/mol. The molecule has 2 aliphatic heterocycles. The van der Waals surface area contributed by atoms with Gasteiger partial charge in [0.15, 0.2) is 0 Å². The molecule has 2 N–H and O–H groups in total. The third-order valence-electron chi connectivity index (χ3n) is 4.98. The summed E-state index contributed by atoms with van der Waals surface area (Å²) in [6.45, 7) is 0. The van der Waals surface area contributed by atoms with Crippen LogP contribution in [0.3, 0.4) is 0 Å². The molecular formula is C20H21N4NaO4S2. The van der Waals surface area contributed by atoms with Gasteiger partial charge < -0.3 is 16.7 Å². The number of hydrogen-bond donors (Lipinski definition) is 2. The number of para-hydroxylation sites is 1. The van der Waals surface area contributed by atoms with Crippen molar-refractivity contribution in [2.75, 3.05) is 17.7 Å². The van der Waals surface area contributed by atoms with Crippen LogP contribution in [0.1, 0.15) is 6.30 Å². The van der Waals surface area contributed by atoms with E-state index in [-0.39, 0.29) is 43.3 Å². The fraction of sp³-hybridized carbons (Fsp3) is 0.300. The predicted octanol–water partition coefficient (Wildman–Crippen LogP) is -1.25. The van der Waals surface area contributed by atoms with Crippen LogP contribution in [0, 0.1) is 0 Å². The van der Waals surface area contributed by atoms with Crippen molar-refractivity contribution >= 4 is 52.4 Å². The molecule has 2 aromatic rings. The van der Waals surface area contributed by atoms with Gasteiger partial charge in [-0.1, -0.05) is 24.3 Å². The molecular weight excluding hydrogens is 447 g/mol. The third-order valence-corrected chi connectivity index (χ3v) is 7.12. The molecule has 0 spiro atoms. The molecule has 0 bridgehead atoms. The number of carboxylic acids is 1. The van der Waals surface area contributed by atoms with E-state index in [4.69, 9.17) is 0 Å². The van der Waals surface area contributed by atoms with Crippen molar-refractivity contribution in [1.29, 1.82) is 0 Å². The number of β-lactam (4-membered cyclic amide) rings is 1. The first-order valence-corrected chi connectivity index (χ1v) is 11.2. The van der Waals surface area contributed by atoms with Crippen molar-refractivity contribution in [3.63, 3.8) is 0 Å². The normalized spacial score (nSPS) is 22.2. The SMILES string of the molecule is CN(C1=N[C@@H](C(=O)O)N2C(=O)[C@H](NC(=O)Cc3cccs3)[C@@H]2SC1)c1ccccc1.[H-].[Na+]. The van der Waals surface area contributed by atoms with Gasteiger partial charge in [0.05, 0.1) is 12.2 Å². The zero-order chi connectivity index (χ0) is 21.3. The van der Waals surface area contributed by atoms with E-state index in [0.717, 1.165) is 10.6 Å². The molecule has 3 atom stereocenters. The first kappa shape index (κ1) is 23.8. The number of anilines is 1. The second-order valence-corrected chi connectivity index (χ2v) is 9.04. The van der Waals surface area contributed by atoms with Gasteiger partial charge in [0.2, 0.25) is 12.1 Å². The zero-order valence-electron chi connectivity index (χ0n) is 18.1. The molecule has 1 aromatic carbocycles. The van der Waals surface area contributed by atoms with Gasteiger partial charge in [-0.05, 0) is 23.6 Å². The van der Waals surface area contributed by atoms with Crippen molar-refractivity contribution in [1.82, 2.24) is 10.2 Å². The van der Waals surface area contributed by atoms with Crippen LogP contribution >= 0.6 is 23.1 Å². The summed E-state index contributed by atoms with van der Waals surface area (Å²) in [7, 11) is 1.82. The van der Waals surface area contributed by atoms with Gasteiger partial charge in [-0.2, -0.15) is 0 Å². The second kappa shape index (κ2) is 10.2. The summed E-state index contributed by atoms with van der Waals surface area (Å²) in [5, 5.41) is 13.9. The minimum absolute atomic E-state index is 0. The summed E-state index contributed by atoms with van der Waals surface area (Å²) < 4.78 is 0. The van der Waals surface area contributed by atoms with Crippen LogP contribution < -0.4 is 39.8 Å². The molecule has 3 heterocycles. The number of nitrogens with one attached hydrogen (secondary N) is 1. The summed E-state index contributed by atoms with van der Waals surface area (Å²) in [6, 6.07) is 12.5. The molecule has 11 heteroatoms. The van der Waals surface area contributed by atoms with Gasteiger partial charge in [-0.3, -0.25) is 14.5 Å². The molecule has 158 valence electrons. The molecule has 4 rings (SSSR count). The minimum Gasteiger partial charge on any atom is -1.00 e. The maximum absolute atomic E-state index is 12.7. The van der Waals surface area contributed by atoms with Crippen molar-refractivity contribution in [2.24, 2.45) is 4.99 Å². The number of rotatable bonds is 5. The molecule has 0 aliphatic carbocycles. The maximum Gasteiger partial charge on any atom is 1.00 e. The first-order valence-electron chi connectivity index (χ1n) is 9.29. The van der Waals surface area contributed by atoms with Gasteiger partial charge in [0.25, 0.3) is 5.91 Å². The van der Waals surface area contributed by atoms with E-state index in [1.807, 2.05) is 59.8 Å². The predicted molar refractivity (Wildman–Crippen MR) is 118 cm³/mol. The Morgan fingerprint density at radius 2 is 2.03 bits per heavy atom. The Bertz CT molecular complexity index is 993. The summed E-state index contributed by atoms with van der Waals surface area (Å²) in [6.07, 6.45) is -1.12. The average Bonchev–Trinajstić information content (AvgIpc) is 3.17. The smallest absolute Gasteiger partial charge is 1.00 e. The van der Waals surface area contributed by atoms with Crippen LogP contribution in [0.5, 0.6) is 0 Å². The minimum atomic E-state index is -1.32. The molecule has 1 aromatic heterocycles. The molecule has 1 saturated heterocycles. The number of carbonyl (C=O) groups is 3. The summed E-state index contributed by atoms with van der Waals surface area (Å²) in [5.41, 5.74) is 0.873. The van der Waals surface area contributed by atoms with Gasteiger partial charge in [0, 0.05) is 17.6 Å². The van der Waals surface area contributed by atoms with Crippen LogP contribution in [0.15, 0.2) is 52.8 Å². The number of carboxylic acid groups (broad SMARTS) is 1. The number of thiophene rings is 1. The number of amidine groups is 1. The van der Waals surface area contributed by atoms with Crippen LogP contribution in [-0.2, 0) is 20.8 Å². The van der Waals surface area contributed by atoms with Crippen molar-refractivity contribution < 1.29 is 50.5 Å². The number of hydrogen-bond acceptors (Lipinski definition) is 7. The number of thioether (sulfide) groups is 1. The Labute approximate surface area is 211 Å². The topological polar surface area (TPSA) is 102 Å². The van der Waals surface area contributed by atoms with Gasteiger partial charge in [0.1, 0.15) is 17.3 Å². The Kier molecular flexibility index (Phi) is 7.82. The van der Waals surface area contributed by atoms with E-state index in [1.165, 1.54) is 28.0 Å². The largest absolute Gasteiger partial charge is 1.00 e. The molecule has 8 nitrogen and oxygen atoms in total. The van der Waals surface area contributed by atoms with Gasteiger partial charge in [-0.15, -0.1) is 23.1 Å². The molecule has 31 heavy (non-hydrogen) atoms. The van der Waals surface area contributed by atoms with E-state index in [9.17, 15) is 19.5 Å².